The SMILES string of the molecule is C=C[C@@H]1C[C@]1(NC(=O)[C@@H]1C[C@@]2(CN1C(=O)[C@@H](NC(=O)C(NC(=O)c1cccnc1)C1CCCCC1)C(C)(C)C)C(C)(C)C21CCC1)C(=O)NS(=O)(=O)N(CC)CC. The normalized spacial score (nSPS) is 28.5. The highest BCUT2D eigenvalue weighted by atomic mass is 32.2. The third-order valence-corrected chi connectivity index (χ3v) is 16.4. The van der Waals surface area contributed by atoms with Crippen molar-refractivity contribution in [3.05, 3.63) is 42.7 Å². The van der Waals surface area contributed by atoms with E-state index in [0.29, 0.717) is 18.5 Å². The molecule has 4 N–H and O–H groups in total. The number of fused-ring (bicyclic) bond motifs is 1. The van der Waals surface area contributed by atoms with E-state index in [1.54, 1.807) is 37.1 Å². The smallest absolute Gasteiger partial charge is 0.303 e. The van der Waals surface area contributed by atoms with Gasteiger partial charge in [-0.3, -0.25) is 29.0 Å². The summed E-state index contributed by atoms with van der Waals surface area (Å²) in [5.41, 5.74) is -2.57. The van der Waals surface area contributed by atoms with Crippen LogP contribution in [-0.4, -0.2) is 95.4 Å². The van der Waals surface area contributed by atoms with Gasteiger partial charge in [0.25, 0.3) is 11.8 Å². The van der Waals surface area contributed by atoms with Crippen LogP contribution in [0.1, 0.15) is 123 Å². The molecule has 314 valence electrons. The quantitative estimate of drug-likeness (QED) is 0.204. The summed E-state index contributed by atoms with van der Waals surface area (Å²) in [6.45, 7) is 17.8. The van der Waals surface area contributed by atoms with Crippen LogP contribution in [0.4, 0.5) is 0 Å². The third-order valence-electron chi connectivity index (χ3n) is 14.7. The summed E-state index contributed by atoms with van der Waals surface area (Å²) in [7, 11) is -4.17. The van der Waals surface area contributed by atoms with Gasteiger partial charge in [-0.2, -0.15) is 12.7 Å². The standard InChI is InChI=1S/C42H63N7O7S/c1-9-29-23-42(29,37(54)47-57(55,56)48(10-2)11-3)46-34(51)30-24-41(39(7,8)40(41)20-16-21-40)26-49(30)36(53)32(38(4,5)6)45-35(52)31(27-17-13-12-14-18-27)44-33(50)28-19-15-22-43-25-28/h9,15,19,22,25,27,29-32H,1,10-14,16-18,20-21,23-24,26H2,2-8H3,(H,44,50)(H,45,52)(H,46,51)(H,47,54)/t29-,30+,31?,32-,41-,42-/m1/s1. The van der Waals surface area contributed by atoms with E-state index in [-0.39, 0.29) is 41.7 Å². The molecule has 57 heavy (non-hydrogen) atoms. The Kier molecular flexibility index (Phi) is 11.5. The van der Waals surface area contributed by atoms with Crippen molar-refractivity contribution in [1.82, 2.24) is 34.9 Å². The van der Waals surface area contributed by atoms with Crippen molar-refractivity contribution < 1.29 is 32.4 Å². The van der Waals surface area contributed by atoms with Crippen LogP contribution in [0.2, 0.25) is 0 Å². The number of aromatic nitrogens is 1. The maximum absolute atomic E-state index is 15.1. The van der Waals surface area contributed by atoms with Gasteiger partial charge in [0.15, 0.2) is 0 Å². The topological polar surface area (TPSA) is 187 Å². The monoisotopic (exact) mass is 809 g/mol. The van der Waals surface area contributed by atoms with Crippen molar-refractivity contribution in [3.63, 3.8) is 0 Å². The number of rotatable bonds is 14. The summed E-state index contributed by atoms with van der Waals surface area (Å²) in [4.78, 5) is 77.2. The predicted octanol–water partition coefficient (Wildman–Crippen LogP) is 3.85. The highest BCUT2D eigenvalue weighted by molar-refractivity contribution is 7.87. The highest BCUT2D eigenvalue weighted by Gasteiger charge is 2.85. The Balaban J connectivity index is 1.29. The average molecular weight is 810 g/mol. The lowest BCUT2D eigenvalue weighted by Crippen LogP contribution is -2.62. The molecule has 4 aliphatic carbocycles. The van der Waals surface area contributed by atoms with Gasteiger partial charge in [-0.1, -0.05) is 80.2 Å². The molecule has 0 bridgehead atoms. The number of likely N-dealkylation sites (tertiary alicyclic amines) is 1. The molecule has 4 saturated carbocycles. The second kappa shape index (κ2) is 15.4. The van der Waals surface area contributed by atoms with Crippen LogP contribution >= 0.6 is 0 Å². The van der Waals surface area contributed by atoms with Crippen LogP contribution < -0.4 is 20.7 Å². The van der Waals surface area contributed by atoms with Gasteiger partial charge in [-0.05, 0) is 72.8 Å². The average Bonchev–Trinajstić information content (AvgIpc) is 3.88. The van der Waals surface area contributed by atoms with Crippen molar-refractivity contribution >= 4 is 39.7 Å². The van der Waals surface area contributed by atoms with Crippen molar-refractivity contribution in [3.8, 4) is 0 Å². The number of carbonyl (C=O) groups is 5. The summed E-state index contributed by atoms with van der Waals surface area (Å²) in [6, 6.07) is 0.366. The first-order valence-corrected chi connectivity index (χ1v) is 22.3. The summed E-state index contributed by atoms with van der Waals surface area (Å²) in [5.74, 6) is -3.32. The maximum Gasteiger partial charge on any atom is 0.303 e. The lowest BCUT2D eigenvalue weighted by Gasteiger charge is -2.38. The molecule has 6 atom stereocenters. The zero-order valence-corrected chi connectivity index (χ0v) is 35.6. The third kappa shape index (κ3) is 7.29. The van der Waals surface area contributed by atoms with Gasteiger partial charge >= 0.3 is 10.2 Å². The highest BCUT2D eigenvalue weighted by Crippen LogP contribution is 2.88. The van der Waals surface area contributed by atoms with Crippen LogP contribution in [0, 0.1) is 33.5 Å². The van der Waals surface area contributed by atoms with Crippen molar-refractivity contribution in [1.29, 1.82) is 0 Å². The summed E-state index contributed by atoms with van der Waals surface area (Å²) in [6.07, 6.45) is 12.6. The molecular formula is C42H63N7O7S. The Bertz CT molecular complexity index is 1870. The molecule has 1 aromatic heterocycles. The van der Waals surface area contributed by atoms with Gasteiger partial charge in [0.2, 0.25) is 17.7 Å². The second-order valence-electron chi connectivity index (χ2n) is 18.8. The van der Waals surface area contributed by atoms with Crippen LogP contribution in [0.3, 0.4) is 0 Å². The fourth-order valence-electron chi connectivity index (χ4n) is 10.9. The number of nitrogens with zero attached hydrogens (tertiary/aromatic N) is 3. The molecule has 2 spiro atoms. The molecule has 14 nitrogen and oxygen atoms in total. The molecule has 2 heterocycles. The zero-order valence-electron chi connectivity index (χ0n) is 34.8. The van der Waals surface area contributed by atoms with E-state index >= 15 is 4.79 Å². The molecule has 0 aromatic carbocycles. The number of nitrogens with one attached hydrogen (secondary N) is 4. The summed E-state index contributed by atoms with van der Waals surface area (Å²) < 4.78 is 29.5. The minimum atomic E-state index is -4.17. The first-order valence-electron chi connectivity index (χ1n) is 20.8. The molecule has 5 fully saturated rings. The van der Waals surface area contributed by atoms with Crippen LogP contribution in [0.15, 0.2) is 37.2 Å². The molecule has 1 aliphatic heterocycles. The summed E-state index contributed by atoms with van der Waals surface area (Å²) >= 11 is 0. The Labute approximate surface area is 338 Å². The van der Waals surface area contributed by atoms with Gasteiger partial charge in [0, 0.05) is 43.4 Å². The first-order chi connectivity index (χ1) is 26.8. The number of pyridine rings is 1. The van der Waals surface area contributed by atoms with E-state index in [1.165, 1.54) is 12.3 Å². The van der Waals surface area contributed by atoms with E-state index in [0.717, 1.165) is 55.7 Å². The molecule has 0 radical (unpaired) electrons. The predicted molar refractivity (Wildman–Crippen MR) is 215 cm³/mol. The zero-order chi connectivity index (χ0) is 41.8. The van der Waals surface area contributed by atoms with Crippen LogP contribution in [-0.2, 0) is 29.4 Å². The fourth-order valence-corrected chi connectivity index (χ4v) is 12.1. The molecule has 1 aromatic rings. The van der Waals surface area contributed by atoms with E-state index in [4.69, 9.17) is 0 Å². The molecule has 15 heteroatoms. The van der Waals surface area contributed by atoms with E-state index in [9.17, 15) is 27.6 Å². The molecule has 5 amide bonds. The molecule has 6 rings (SSSR count). The van der Waals surface area contributed by atoms with E-state index < -0.39 is 74.7 Å². The minimum Gasteiger partial charge on any atom is -0.342 e. The van der Waals surface area contributed by atoms with Crippen LogP contribution in [0.25, 0.3) is 0 Å². The van der Waals surface area contributed by atoms with Gasteiger partial charge in [0.05, 0.1) is 5.56 Å². The van der Waals surface area contributed by atoms with Gasteiger partial charge in [-0.15, -0.1) is 6.58 Å². The number of hydrogen-bond donors (Lipinski definition) is 4. The van der Waals surface area contributed by atoms with E-state index in [1.807, 2.05) is 20.8 Å². The Morgan fingerprint density at radius 1 is 1.00 bits per heavy atom. The molecule has 5 aliphatic rings. The Morgan fingerprint density at radius 3 is 2.18 bits per heavy atom. The van der Waals surface area contributed by atoms with Crippen molar-refractivity contribution in [2.45, 2.75) is 136 Å². The molecule has 1 unspecified atom stereocenters. The number of carbonyl (C=O) groups excluding carboxylic acids is 5. The largest absolute Gasteiger partial charge is 0.342 e. The summed E-state index contributed by atoms with van der Waals surface area (Å²) in [5, 5.41) is 8.96. The molecule has 1 saturated heterocycles. The number of amides is 5. The first kappa shape index (κ1) is 42.7. The van der Waals surface area contributed by atoms with Gasteiger partial charge in [-0.25, -0.2) is 4.72 Å². The lowest BCUT2D eigenvalue weighted by atomic mass is 9.73. The lowest BCUT2D eigenvalue weighted by molar-refractivity contribution is -0.145. The Morgan fingerprint density at radius 2 is 1.67 bits per heavy atom. The van der Waals surface area contributed by atoms with E-state index in [2.05, 4.69) is 46.1 Å². The number of hydrogen-bond acceptors (Lipinski definition) is 8. The molecular weight excluding hydrogens is 747 g/mol. The van der Waals surface area contributed by atoms with Gasteiger partial charge in [0.1, 0.15) is 23.7 Å². The van der Waals surface area contributed by atoms with Crippen LogP contribution in [0.5, 0.6) is 0 Å². The van der Waals surface area contributed by atoms with Crippen molar-refractivity contribution in [2.75, 3.05) is 19.6 Å². The minimum absolute atomic E-state index is 0.0349. The Hall–Kier alpha value is -3.85. The van der Waals surface area contributed by atoms with Crippen molar-refractivity contribution in [2.24, 2.45) is 33.5 Å². The second-order valence-corrected chi connectivity index (χ2v) is 20.4. The van der Waals surface area contributed by atoms with Gasteiger partial charge < -0.3 is 20.9 Å². The maximum atomic E-state index is 15.1. The fraction of sp³-hybridized carbons (Fsp3) is 0.714.